The number of hydrogen-bond acceptors (Lipinski definition) is 3. The van der Waals surface area contributed by atoms with Gasteiger partial charge in [0.15, 0.2) is 0 Å². The van der Waals surface area contributed by atoms with Crippen molar-refractivity contribution in [1.29, 1.82) is 0 Å². The highest BCUT2D eigenvalue weighted by molar-refractivity contribution is 5.89. The van der Waals surface area contributed by atoms with Crippen LogP contribution < -0.4 is 0 Å². The molecule has 0 bridgehead atoms. The summed E-state index contributed by atoms with van der Waals surface area (Å²) in [5.41, 5.74) is 2.38. The molecule has 1 saturated carbocycles. The van der Waals surface area contributed by atoms with Crippen molar-refractivity contribution in [3.05, 3.63) is 35.4 Å². The fourth-order valence-corrected chi connectivity index (χ4v) is 3.48. The third-order valence-electron chi connectivity index (χ3n) is 5.25. The second kappa shape index (κ2) is 7.56. The number of likely N-dealkylation sites (tertiary alicyclic amines) is 1. The Labute approximate surface area is 150 Å². The van der Waals surface area contributed by atoms with Crippen LogP contribution in [0.3, 0.4) is 0 Å². The van der Waals surface area contributed by atoms with Gasteiger partial charge in [0.25, 0.3) is 0 Å². The molecule has 2 aliphatic rings. The highest BCUT2D eigenvalue weighted by Gasteiger charge is 2.42. The van der Waals surface area contributed by atoms with Crippen molar-refractivity contribution >= 4 is 11.8 Å². The van der Waals surface area contributed by atoms with Crippen LogP contribution in [-0.2, 0) is 16.1 Å². The molecule has 0 aromatic heterocycles. The maximum absolute atomic E-state index is 13.1. The van der Waals surface area contributed by atoms with E-state index in [4.69, 9.17) is 0 Å². The van der Waals surface area contributed by atoms with Crippen LogP contribution in [0.2, 0.25) is 0 Å². The summed E-state index contributed by atoms with van der Waals surface area (Å²) >= 11 is 0. The maximum atomic E-state index is 13.1. The average molecular weight is 343 g/mol. The minimum absolute atomic E-state index is 0.126. The molecule has 1 heterocycles. The molecule has 1 aromatic rings. The lowest BCUT2D eigenvalue weighted by Gasteiger charge is -2.27. The van der Waals surface area contributed by atoms with Crippen LogP contribution in [0.1, 0.15) is 30.4 Å². The van der Waals surface area contributed by atoms with Crippen molar-refractivity contribution in [2.45, 2.75) is 38.8 Å². The van der Waals surface area contributed by atoms with Gasteiger partial charge < -0.3 is 14.7 Å². The monoisotopic (exact) mass is 343 g/mol. The Bertz CT molecular complexity index is 640. The molecule has 0 N–H and O–H groups in total. The van der Waals surface area contributed by atoms with Crippen LogP contribution in [0, 0.1) is 12.8 Å². The summed E-state index contributed by atoms with van der Waals surface area (Å²) < 4.78 is 0. The van der Waals surface area contributed by atoms with Crippen LogP contribution in [0.15, 0.2) is 24.3 Å². The van der Waals surface area contributed by atoms with E-state index in [0.717, 1.165) is 19.4 Å². The maximum Gasteiger partial charge on any atom is 0.228 e. The fraction of sp³-hybridized carbons (Fsp3) is 0.600. The number of amides is 2. The standard InChI is InChI=1S/C20H29N3O2/c1-15-6-4-5-7-16(15)13-22(11-10-21(2)3)20(25)17-12-19(24)23(14-17)18-8-9-18/h4-7,17-18H,8-14H2,1-3H3. The predicted octanol–water partition coefficient (Wildman–Crippen LogP) is 1.90. The van der Waals surface area contributed by atoms with Gasteiger partial charge in [0.05, 0.1) is 5.92 Å². The summed E-state index contributed by atoms with van der Waals surface area (Å²) in [6.07, 6.45) is 2.57. The third-order valence-corrected chi connectivity index (χ3v) is 5.25. The van der Waals surface area contributed by atoms with Crippen LogP contribution in [0.25, 0.3) is 0 Å². The zero-order valence-corrected chi connectivity index (χ0v) is 15.6. The molecule has 1 saturated heterocycles. The van der Waals surface area contributed by atoms with Crippen LogP contribution in [0.5, 0.6) is 0 Å². The summed E-state index contributed by atoms with van der Waals surface area (Å²) in [5, 5.41) is 0. The summed E-state index contributed by atoms with van der Waals surface area (Å²) in [6.45, 7) is 4.82. The number of aryl methyl sites for hydroxylation is 1. The Hall–Kier alpha value is -1.88. The van der Waals surface area contributed by atoms with Crippen LogP contribution in [0.4, 0.5) is 0 Å². The van der Waals surface area contributed by atoms with E-state index in [1.54, 1.807) is 0 Å². The molecule has 1 unspecified atom stereocenters. The first kappa shape index (κ1) is 17.9. The Balaban J connectivity index is 1.70. The molecule has 25 heavy (non-hydrogen) atoms. The molecule has 0 radical (unpaired) electrons. The van der Waals surface area contributed by atoms with E-state index < -0.39 is 0 Å². The minimum atomic E-state index is -0.181. The van der Waals surface area contributed by atoms with E-state index in [2.05, 4.69) is 24.0 Å². The topological polar surface area (TPSA) is 43.9 Å². The van der Waals surface area contributed by atoms with Crippen molar-refractivity contribution < 1.29 is 9.59 Å². The molecule has 1 aliphatic carbocycles. The Kier molecular flexibility index (Phi) is 5.42. The summed E-state index contributed by atoms with van der Waals surface area (Å²) in [7, 11) is 4.04. The van der Waals surface area contributed by atoms with Crippen molar-refractivity contribution in [2.75, 3.05) is 33.7 Å². The lowest BCUT2D eigenvalue weighted by atomic mass is 10.0. The van der Waals surface area contributed by atoms with Gasteiger partial charge >= 0.3 is 0 Å². The normalized spacial score (nSPS) is 20.4. The zero-order chi connectivity index (χ0) is 18.0. The molecule has 136 valence electrons. The smallest absolute Gasteiger partial charge is 0.228 e. The first-order chi connectivity index (χ1) is 12.0. The number of rotatable bonds is 7. The first-order valence-electron chi connectivity index (χ1n) is 9.23. The molecular formula is C20H29N3O2. The molecule has 1 atom stereocenters. The molecule has 0 spiro atoms. The molecule has 3 rings (SSSR count). The van der Waals surface area contributed by atoms with Crippen molar-refractivity contribution in [3.63, 3.8) is 0 Å². The van der Waals surface area contributed by atoms with E-state index in [0.29, 0.717) is 32.1 Å². The quantitative estimate of drug-likeness (QED) is 0.759. The largest absolute Gasteiger partial charge is 0.339 e. The van der Waals surface area contributed by atoms with Gasteiger partial charge in [-0.1, -0.05) is 24.3 Å². The van der Waals surface area contributed by atoms with E-state index in [-0.39, 0.29) is 17.7 Å². The predicted molar refractivity (Wildman–Crippen MR) is 98.0 cm³/mol. The average Bonchev–Trinajstić information content (AvgIpc) is 3.34. The Morgan fingerprint density at radius 3 is 2.56 bits per heavy atom. The Morgan fingerprint density at radius 2 is 1.92 bits per heavy atom. The summed E-state index contributed by atoms with van der Waals surface area (Å²) in [6, 6.07) is 8.61. The van der Waals surface area contributed by atoms with E-state index >= 15 is 0 Å². The van der Waals surface area contributed by atoms with Crippen LogP contribution >= 0.6 is 0 Å². The lowest BCUT2D eigenvalue weighted by molar-refractivity contribution is -0.136. The molecule has 1 aromatic carbocycles. The molecule has 1 aliphatic heterocycles. The molecule has 2 fully saturated rings. The van der Waals surface area contributed by atoms with E-state index in [1.807, 2.05) is 36.0 Å². The van der Waals surface area contributed by atoms with E-state index in [9.17, 15) is 9.59 Å². The number of benzene rings is 1. The second-order valence-corrected chi connectivity index (χ2v) is 7.67. The van der Waals surface area contributed by atoms with Gasteiger partial charge in [0, 0.05) is 38.6 Å². The van der Waals surface area contributed by atoms with Gasteiger partial charge in [-0.15, -0.1) is 0 Å². The molecular weight excluding hydrogens is 314 g/mol. The van der Waals surface area contributed by atoms with Gasteiger partial charge in [-0.05, 0) is 45.0 Å². The van der Waals surface area contributed by atoms with Crippen molar-refractivity contribution in [1.82, 2.24) is 14.7 Å². The van der Waals surface area contributed by atoms with Gasteiger partial charge in [-0.25, -0.2) is 0 Å². The molecule has 5 nitrogen and oxygen atoms in total. The summed E-state index contributed by atoms with van der Waals surface area (Å²) in [4.78, 5) is 31.3. The number of nitrogens with zero attached hydrogens (tertiary/aromatic N) is 3. The third kappa shape index (κ3) is 4.40. The lowest BCUT2D eigenvalue weighted by Crippen LogP contribution is -2.41. The van der Waals surface area contributed by atoms with Gasteiger partial charge in [0.2, 0.25) is 11.8 Å². The van der Waals surface area contributed by atoms with Crippen molar-refractivity contribution in [2.24, 2.45) is 5.92 Å². The second-order valence-electron chi connectivity index (χ2n) is 7.67. The number of carbonyl (C=O) groups excluding carboxylic acids is 2. The zero-order valence-electron chi connectivity index (χ0n) is 15.6. The first-order valence-corrected chi connectivity index (χ1v) is 9.23. The van der Waals surface area contributed by atoms with Gasteiger partial charge in [-0.2, -0.15) is 0 Å². The van der Waals surface area contributed by atoms with Gasteiger partial charge in [0.1, 0.15) is 0 Å². The van der Waals surface area contributed by atoms with Crippen molar-refractivity contribution in [3.8, 4) is 0 Å². The number of likely N-dealkylation sites (N-methyl/N-ethyl adjacent to an activating group) is 1. The van der Waals surface area contributed by atoms with E-state index in [1.165, 1.54) is 11.1 Å². The number of carbonyl (C=O) groups is 2. The fourth-order valence-electron chi connectivity index (χ4n) is 3.48. The minimum Gasteiger partial charge on any atom is -0.339 e. The highest BCUT2D eigenvalue weighted by Crippen LogP contribution is 2.33. The molecule has 5 heteroatoms. The van der Waals surface area contributed by atoms with Gasteiger partial charge in [-0.3, -0.25) is 9.59 Å². The summed E-state index contributed by atoms with van der Waals surface area (Å²) in [5.74, 6) is 0.102. The highest BCUT2D eigenvalue weighted by atomic mass is 16.2. The SMILES string of the molecule is Cc1ccccc1CN(CCN(C)C)C(=O)C1CC(=O)N(C2CC2)C1. The van der Waals surface area contributed by atoms with Crippen LogP contribution in [-0.4, -0.2) is 66.3 Å². The Morgan fingerprint density at radius 1 is 1.20 bits per heavy atom. The number of hydrogen-bond donors (Lipinski definition) is 0. The molecule has 2 amide bonds.